The van der Waals surface area contributed by atoms with E-state index in [1.807, 2.05) is 13.0 Å². The molecule has 224 valence electrons. The van der Waals surface area contributed by atoms with Crippen LogP contribution >= 0.6 is 0 Å². The first-order valence-corrected chi connectivity index (χ1v) is 14.1. The van der Waals surface area contributed by atoms with Crippen LogP contribution in [0.25, 0.3) is 0 Å². The lowest BCUT2D eigenvalue weighted by molar-refractivity contribution is -0.177. The Hall–Kier alpha value is -3.44. The van der Waals surface area contributed by atoms with E-state index in [0.717, 1.165) is 5.56 Å². The average Bonchev–Trinajstić information content (AvgIpc) is 2.97. The Kier molecular flexibility index (Phi) is 13.1. The zero-order chi connectivity index (χ0) is 29.6. The standard InChI is InChI=1S/C31H43N3O7/c1-4-40-31-24(13-15-38-17-18-39-16-14-35)25(21(2)3)19-28(41-31)30(37)33-20-22-9-11-23(12-10-22)29(36)34-27-8-6-5-7-26(27)32/h5-12,19,21,24-25,31,35H,4,13-18,20,32H2,1-3H3,(H,33,37)(H,34,36)/t24-,25+,31+/m0/s1. The molecule has 0 saturated heterocycles. The number of carbonyl (C=O) groups is 2. The van der Waals surface area contributed by atoms with Gasteiger partial charge >= 0.3 is 0 Å². The Morgan fingerprint density at radius 3 is 2.37 bits per heavy atom. The second-order valence-electron chi connectivity index (χ2n) is 10.1. The molecule has 0 aliphatic carbocycles. The molecule has 41 heavy (non-hydrogen) atoms. The fraction of sp³-hybridized carbons (Fsp3) is 0.484. The number of hydrogen-bond donors (Lipinski definition) is 4. The van der Waals surface area contributed by atoms with Gasteiger partial charge in [-0.1, -0.05) is 38.1 Å². The number of aliphatic hydroxyl groups excluding tert-OH is 1. The van der Waals surface area contributed by atoms with Gasteiger partial charge in [-0.05, 0) is 61.1 Å². The number of aliphatic hydroxyl groups is 1. The van der Waals surface area contributed by atoms with Crippen molar-refractivity contribution in [1.29, 1.82) is 0 Å². The Morgan fingerprint density at radius 1 is 1.00 bits per heavy atom. The quantitative estimate of drug-likeness (QED) is 0.177. The van der Waals surface area contributed by atoms with E-state index in [-0.39, 0.29) is 48.5 Å². The van der Waals surface area contributed by atoms with Crippen molar-refractivity contribution in [2.45, 2.75) is 40.0 Å². The van der Waals surface area contributed by atoms with Crippen LogP contribution in [0.1, 0.15) is 43.1 Å². The summed E-state index contributed by atoms with van der Waals surface area (Å²) in [5.41, 5.74) is 8.27. The van der Waals surface area contributed by atoms with Gasteiger partial charge in [-0.3, -0.25) is 9.59 Å². The topological polar surface area (TPSA) is 141 Å². The lowest BCUT2D eigenvalue weighted by Gasteiger charge is -2.38. The van der Waals surface area contributed by atoms with Crippen molar-refractivity contribution in [1.82, 2.24) is 5.32 Å². The SMILES string of the molecule is CCO[C@@H]1OC(C(=O)NCc2ccc(C(=O)Nc3ccccc3N)cc2)=C[C@H](C(C)C)[C@@H]1CCOCCOCCO. The number of rotatable bonds is 16. The molecular weight excluding hydrogens is 526 g/mol. The van der Waals surface area contributed by atoms with Crippen molar-refractivity contribution in [3.63, 3.8) is 0 Å². The predicted molar refractivity (Wildman–Crippen MR) is 157 cm³/mol. The summed E-state index contributed by atoms with van der Waals surface area (Å²) in [7, 11) is 0. The number of carbonyl (C=O) groups excluding carboxylic acids is 2. The molecule has 10 heteroatoms. The summed E-state index contributed by atoms with van der Waals surface area (Å²) in [6, 6.07) is 14.1. The van der Waals surface area contributed by atoms with E-state index in [2.05, 4.69) is 24.5 Å². The molecule has 5 N–H and O–H groups in total. The Morgan fingerprint density at radius 2 is 1.71 bits per heavy atom. The van der Waals surface area contributed by atoms with E-state index in [1.165, 1.54) is 0 Å². The molecule has 2 aromatic rings. The van der Waals surface area contributed by atoms with E-state index in [0.29, 0.717) is 56.4 Å². The molecule has 1 aliphatic heterocycles. The minimum atomic E-state index is -0.566. The summed E-state index contributed by atoms with van der Waals surface area (Å²) in [6.07, 6.45) is 2.03. The minimum absolute atomic E-state index is 0.00971. The van der Waals surface area contributed by atoms with Crippen molar-refractivity contribution in [2.24, 2.45) is 17.8 Å². The summed E-state index contributed by atoms with van der Waals surface area (Å²) >= 11 is 0. The number of amides is 2. The molecule has 2 aromatic carbocycles. The molecule has 2 amide bonds. The maximum Gasteiger partial charge on any atom is 0.286 e. The lowest BCUT2D eigenvalue weighted by atomic mass is 9.79. The Balaban J connectivity index is 1.56. The molecule has 0 saturated carbocycles. The number of nitrogen functional groups attached to an aromatic ring is 1. The maximum absolute atomic E-state index is 13.1. The van der Waals surface area contributed by atoms with Gasteiger partial charge in [0.1, 0.15) is 0 Å². The molecule has 10 nitrogen and oxygen atoms in total. The summed E-state index contributed by atoms with van der Waals surface area (Å²) in [5.74, 6) is -0.00412. The van der Waals surface area contributed by atoms with Crippen LogP contribution in [0.15, 0.2) is 60.4 Å². The summed E-state index contributed by atoms with van der Waals surface area (Å²) in [4.78, 5) is 25.7. The Labute approximate surface area is 242 Å². The van der Waals surface area contributed by atoms with Crippen LogP contribution in [0.3, 0.4) is 0 Å². The normalized spacial score (nSPS) is 18.5. The average molecular weight is 570 g/mol. The smallest absolute Gasteiger partial charge is 0.286 e. The highest BCUT2D eigenvalue weighted by molar-refractivity contribution is 6.05. The van der Waals surface area contributed by atoms with Gasteiger partial charge in [0.2, 0.25) is 6.29 Å². The summed E-state index contributed by atoms with van der Waals surface area (Å²) < 4.78 is 22.9. The van der Waals surface area contributed by atoms with Gasteiger partial charge in [-0.15, -0.1) is 0 Å². The predicted octanol–water partition coefficient (Wildman–Crippen LogP) is 3.72. The highest BCUT2D eigenvalue weighted by Crippen LogP contribution is 2.36. The minimum Gasteiger partial charge on any atom is -0.459 e. The zero-order valence-electron chi connectivity index (χ0n) is 24.1. The van der Waals surface area contributed by atoms with Crippen LogP contribution < -0.4 is 16.4 Å². The number of hydrogen-bond acceptors (Lipinski definition) is 8. The van der Waals surface area contributed by atoms with Crippen LogP contribution in [0.2, 0.25) is 0 Å². The lowest BCUT2D eigenvalue weighted by Crippen LogP contribution is -2.41. The highest BCUT2D eigenvalue weighted by atomic mass is 16.7. The van der Waals surface area contributed by atoms with Gasteiger partial charge in [0.15, 0.2) is 5.76 Å². The number of anilines is 2. The number of nitrogens with one attached hydrogen (secondary N) is 2. The first-order valence-electron chi connectivity index (χ1n) is 14.1. The van der Waals surface area contributed by atoms with Crippen molar-refractivity contribution in [3.05, 3.63) is 71.5 Å². The fourth-order valence-corrected chi connectivity index (χ4v) is 4.65. The number of allylic oxidation sites excluding steroid dienone is 1. The molecule has 1 aliphatic rings. The third-order valence-electron chi connectivity index (χ3n) is 6.84. The summed E-state index contributed by atoms with van der Waals surface area (Å²) in [6.45, 7) is 8.51. The molecular formula is C31H43N3O7. The molecule has 0 fully saturated rings. The monoisotopic (exact) mass is 569 g/mol. The van der Waals surface area contributed by atoms with Crippen LogP contribution in [0, 0.1) is 17.8 Å². The largest absolute Gasteiger partial charge is 0.459 e. The third-order valence-corrected chi connectivity index (χ3v) is 6.84. The van der Waals surface area contributed by atoms with E-state index < -0.39 is 6.29 Å². The number of ether oxygens (including phenoxy) is 4. The second kappa shape index (κ2) is 16.7. The second-order valence-corrected chi connectivity index (χ2v) is 10.1. The molecule has 1 heterocycles. The van der Waals surface area contributed by atoms with E-state index in [4.69, 9.17) is 29.8 Å². The van der Waals surface area contributed by atoms with Gasteiger partial charge in [-0.2, -0.15) is 0 Å². The fourth-order valence-electron chi connectivity index (χ4n) is 4.65. The molecule has 0 bridgehead atoms. The van der Waals surface area contributed by atoms with E-state index in [1.54, 1.807) is 48.5 Å². The van der Waals surface area contributed by atoms with Gasteiger partial charge in [0.05, 0.1) is 37.8 Å². The van der Waals surface area contributed by atoms with Gasteiger partial charge in [0, 0.05) is 31.2 Å². The number of para-hydroxylation sites is 2. The number of benzene rings is 2. The molecule has 3 rings (SSSR count). The molecule has 0 unspecified atom stereocenters. The number of nitrogens with two attached hydrogens (primary N) is 1. The van der Waals surface area contributed by atoms with E-state index in [9.17, 15) is 9.59 Å². The highest BCUT2D eigenvalue weighted by Gasteiger charge is 2.38. The van der Waals surface area contributed by atoms with Gasteiger partial charge in [-0.25, -0.2) is 0 Å². The molecule has 0 spiro atoms. The van der Waals surface area contributed by atoms with Crippen molar-refractivity contribution < 1.29 is 33.6 Å². The molecule has 0 aromatic heterocycles. The molecule has 3 atom stereocenters. The first-order chi connectivity index (χ1) is 19.8. The van der Waals surface area contributed by atoms with Gasteiger partial charge in [0.25, 0.3) is 11.8 Å². The maximum atomic E-state index is 13.1. The van der Waals surface area contributed by atoms with Crippen molar-refractivity contribution >= 4 is 23.2 Å². The van der Waals surface area contributed by atoms with Crippen LogP contribution in [0.4, 0.5) is 11.4 Å². The third kappa shape index (κ3) is 9.86. The van der Waals surface area contributed by atoms with Crippen LogP contribution in [-0.2, 0) is 30.3 Å². The van der Waals surface area contributed by atoms with Gasteiger partial charge < -0.3 is 40.4 Å². The molecule has 0 radical (unpaired) electrons. The summed E-state index contributed by atoms with van der Waals surface area (Å²) in [5, 5.41) is 14.5. The van der Waals surface area contributed by atoms with Crippen molar-refractivity contribution in [2.75, 3.05) is 50.7 Å². The Bertz CT molecular complexity index is 1140. The van der Waals surface area contributed by atoms with Crippen molar-refractivity contribution in [3.8, 4) is 0 Å². The first kappa shape index (κ1) is 32.1. The van der Waals surface area contributed by atoms with Crippen LogP contribution in [0.5, 0.6) is 0 Å². The zero-order valence-corrected chi connectivity index (χ0v) is 24.1. The van der Waals surface area contributed by atoms with Crippen LogP contribution in [-0.4, -0.2) is 62.9 Å². The van der Waals surface area contributed by atoms with E-state index >= 15 is 0 Å².